The molecule has 2 aromatic carbocycles. The third kappa shape index (κ3) is 8.30. The van der Waals surface area contributed by atoms with E-state index in [-0.39, 0.29) is 0 Å². The molecule has 0 radical (unpaired) electrons. The van der Waals surface area contributed by atoms with Crippen molar-refractivity contribution < 1.29 is 9.53 Å². The summed E-state index contributed by atoms with van der Waals surface area (Å²) in [5, 5.41) is 10.5. The molecule has 31 heavy (non-hydrogen) atoms. The Morgan fingerprint density at radius 3 is 2.23 bits per heavy atom. The van der Waals surface area contributed by atoms with Crippen LogP contribution in [0, 0.1) is 0 Å². The number of hydrogen-bond donors (Lipinski definition) is 0. The summed E-state index contributed by atoms with van der Waals surface area (Å²) in [6, 6.07) is 19.1. The average Bonchev–Trinajstić information content (AvgIpc) is 3.32. The Morgan fingerprint density at radius 1 is 0.903 bits per heavy atom. The maximum absolute atomic E-state index is 11.9. The second-order valence-electron chi connectivity index (χ2n) is 7.29. The lowest BCUT2D eigenvalue weighted by Gasteiger charge is -2.02. The van der Waals surface area contributed by atoms with Gasteiger partial charge in [0, 0.05) is 11.0 Å². The van der Waals surface area contributed by atoms with Crippen LogP contribution in [-0.4, -0.2) is 5.97 Å². The zero-order valence-electron chi connectivity index (χ0n) is 17.9. The smallest absolute Gasteiger partial charge is 0.336 e. The second-order valence-corrected chi connectivity index (χ2v) is 8.27. The first-order valence-corrected chi connectivity index (χ1v) is 11.6. The Kier molecular flexibility index (Phi) is 9.20. The molecule has 3 rings (SSSR count). The summed E-state index contributed by atoms with van der Waals surface area (Å²) in [5.74, 6) is 0.0660. The van der Waals surface area contributed by atoms with E-state index in [0.29, 0.717) is 11.4 Å². The van der Waals surface area contributed by atoms with Gasteiger partial charge in [-0.3, -0.25) is 0 Å². The number of benzene rings is 2. The summed E-state index contributed by atoms with van der Waals surface area (Å²) in [6.45, 7) is 2.24. The summed E-state index contributed by atoms with van der Waals surface area (Å²) in [5.41, 5.74) is 2.87. The minimum absolute atomic E-state index is 0.409. The van der Waals surface area contributed by atoms with Gasteiger partial charge in [-0.25, -0.2) is 4.79 Å². The third-order valence-corrected chi connectivity index (χ3v) is 5.61. The number of ether oxygens (including phenoxy) is 1. The normalized spacial score (nSPS) is 11.4. The van der Waals surface area contributed by atoms with Crippen molar-refractivity contribution in [3.05, 3.63) is 82.6 Å². The van der Waals surface area contributed by atoms with Crippen molar-refractivity contribution in [1.29, 1.82) is 0 Å². The van der Waals surface area contributed by atoms with Gasteiger partial charge in [-0.15, -0.1) is 11.3 Å². The zero-order chi connectivity index (χ0) is 21.7. The standard InChI is InChI=1S/C26H28N2O2S/c1-2-3-4-5-6-8-21-10-12-22(13-11-21)27-28-23-14-16-24(17-15-23)30-26(29)19-18-25-9-7-20-31-25/h7,9-20H,2-6,8H2,1H3/b19-18+,28-27?. The third-order valence-electron chi connectivity index (χ3n) is 4.77. The molecule has 0 unspecified atom stereocenters. The van der Waals surface area contributed by atoms with Crippen LogP contribution in [0.25, 0.3) is 6.08 Å². The largest absolute Gasteiger partial charge is 0.423 e. The van der Waals surface area contributed by atoms with Gasteiger partial charge in [0.1, 0.15) is 5.75 Å². The minimum Gasteiger partial charge on any atom is -0.423 e. The van der Waals surface area contributed by atoms with Crippen molar-refractivity contribution in [2.45, 2.75) is 45.4 Å². The molecule has 1 heterocycles. The second kappa shape index (κ2) is 12.6. The van der Waals surface area contributed by atoms with E-state index < -0.39 is 5.97 Å². The predicted molar refractivity (Wildman–Crippen MR) is 129 cm³/mol. The van der Waals surface area contributed by atoms with E-state index >= 15 is 0 Å². The van der Waals surface area contributed by atoms with Gasteiger partial charge in [-0.1, -0.05) is 50.8 Å². The fourth-order valence-electron chi connectivity index (χ4n) is 3.04. The molecule has 0 bridgehead atoms. The van der Waals surface area contributed by atoms with E-state index in [0.717, 1.165) is 17.0 Å². The van der Waals surface area contributed by atoms with Gasteiger partial charge in [0.05, 0.1) is 11.4 Å². The van der Waals surface area contributed by atoms with Crippen LogP contribution < -0.4 is 4.74 Å². The van der Waals surface area contributed by atoms with Gasteiger partial charge >= 0.3 is 5.97 Å². The van der Waals surface area contributed by atoms with E-state index in [1.165, 1.54) is 43.7 Å². The molecule has 0 fully saturated rings. The van der Waals surface area contributed by atoms with Gasteiger partial charge in [0.25, 0.3) is 0 Å². The van der Waals surface area contributed by atoms with Crippen molar-refractivity contribution in [1.82, 2.24) is 0 Å². The number of carbonyl (C=O) groups is 1. The number of esters is 1. The van der Waals surface area contributed by atoms with Crippen molar-refractivity contribution in [3.8, 4) is 5.75 Å². The maximum atomic E-state index is 11.9. The summed E-state index contributed by atoms with van der Waals surface area (Å²) in [7, 11) is 0. The fourth-order valence-corrected chi connectivity index (χ4v) is 3.66. The predicted octanol–water partition coefficient (Wildman–Crippen LogP) is 8.30. The number of carbonyl (C=O) groups excluding carboxylic acids is 1. The molecule has 0 N–H and O–H groups in total. The average molecular weight is 433 g/mol. The van der Waals surface area contributed by atoms with Crippen molar-refractivity contribution >= 4 is 34.8 Å². The Morgan fingerprint density at radius 2 is 1.58 bits per heavy atom. The van der Waals surface area contributed by atoms with Gasteiger partial charge in [-0.2, -0.15) is 10.2 Å². The summed E-state index contributed by atoms with van der Waals surface area (Å²) >= 11 is 1.57. The van der Waals surface area contributed by atoms with Crippen LogP contribution in [0.3, 0.4) is 0 Å². The maximum Gasteiger partial charge on any atom is 0.336 e. The fraction of sp³-hybridized carbons (Fsp3) is 0.269. The molecule has 0 amide bonds. The number of nitrogens with zero attached hydrogens (tertiary/aromatic N) is 2. The first-order chi connectivity index (χ1) is 15.2. The molecule has 160 valence electrons. The van der Waals surface area contributed by atoms with Crippen LogP contribution in [0.1, 0.15) is 49.5 Å². The van der Waals surface area contributed by atoms with Crippen molar-refractivity contribution in [2.75, 3.05) is 0 Å². The van der Waals surface area contributed by atoms with E-state index in [1.54, 1.807) is 41.7 Å². The minimum atomic E-state index is -0.409. The van der Waals surface area contributed by atoms with Crippen LogP contribution in [0.15, 0.2) is 82.3 Å². The molecule has 0 saturated carbocycles. The van der Waals surface area contributed by atoms with Crippen LogP contribution >= 0.6 is 11.3 Å². The first-order valence-electron chi connectivity index (χ1n) is 10.8. The highest BCUT2D eigenvalue weighted by molar-refractivity contribution is 7.10. The van der Waals surface area contributed by atoms with Gasteiger partial charge in [-0.05, 0) is 72.3 Å². The van der Waals surface area contributed by atoms with E-state index in [2.05, 4.69) is 29.3 Å². The monoisotopic (exact) mass is 432 g/mol. The first kappa shape index (κ1) is 22.6. The Bertz CT molecular complexity index is 975. The lowest BCUT2D eigenvalue weighted by molar-refractivity contribution is -0.128. The van der Waals surface area contributed by atoms with E-state index in [4.69, 9.17) is 4.74 Å². The molecule has 0 spiro atoms. The Labute approximate surface area is 188 Å². The molecule has 1 aromatic heterocycles. The van der Waals surface area contributed by atoms with Gasteiger partial charge in [0.15, 0.2) is 0 Å². The molecule has 0 saturated heterocycles. The van der Waals surface area contributed by atoms with Crippen LogP contribution in [-0.2, 0) is 11.2 Å². The number of rotatable bonds is 11. The SMILES string of the molecule is CCCCCCCc1ccc(N=Nc2ccc(OC(=O)/C=C/c3cccs3)cc2)cc1. The molecule has 0 aliphatic heterocycles. The topological polar surface area (TPSA) is 51.0 Å². The summed E-state index contributed by atoms with van der Waals surface area (Å²) < 4.78 is 5.30. The lowest BCUT2D eigenvalue weighted by atomic mass is 10.1. The number of aryl methyl sites for hydroxylation is 1. The Balaban J connectivity index is 1.46. The molecule has 4 nitrogen and oxygen atoms in total. The van der Waals surface area contributed by atoms with Crippen LogP contribution in [0.5, 0.6) is 5.75 Å². The summed E-state index contributed by atoms with van der Waals surface area (Å²) in [4.78, 5) is 12.9. The quantitative estimate of drug-likeness (QED) is 0.101. The number of unbranched alkanes of at least 4 members (excludes halogenated alkanes) is 4. The molecule has 0 atom stereocenters. The molecule has 0 aliphatic carbocycles. The highest BCUT2D eigenvalue weighted by Crippen LogP contribution is 2.22. The van der Waals surface area contributed by atoms with Crippen molar-refractivity contribution in [2.24, 2.45) is 10.2 Å². The highest BCUT2D eigenvalue weighted by atomic mass is 32.1. The van der Waals surface area contributed by atoms with Gasteiger partial charge < -0.3 is 4.74 Å². The number of thiophene rings is 1. The molecular weight excluding hydrogens is 404 g/mol. The van der Waals surface area contributed by atoms with Crippen LogP contribution in [0.2, 0.25) is 0 Å². The van der Waals surface area contributed by atoms with Crippen LogP contribution in [0.4, 0.5) is 11.4 Å². The number of hydrogen-bond acceptors (Lipinski definition) is 5. The van der Waals surface area contributed by atoms with Crippen molar-refractivity contribution in [3.63, 3.8) is 0 Å². The molecule has 0 aliphatic rings. The van der Waals surface area contributed by atoms with E-state index in [1.807, 2.05) is 29.6 Å². The van der Waals surface area contributed by atoms with E-state index in [9.17, 15) is 4.79 Å². The van der Waals surface area contributed by atoms with Gasteiger partial charge in [0.2, 0.25) is 0 Å². The zero-order valence-corrected chi connectivity index (χ0v) is 18.7. The molecular formula is C26H28N2O2S. The number of azo groups is 1. The lowest BCUT2D eigenvalue weighted by Crippen LogP contribution is -2.03. The highest BCUT2D eigenvalue weighted by Gasteiger charge is 2.01. The molecule has 5 heteroatoms. The summed E-state index contributed by atoms with van der Waals surface area (Å²) in [6.07, 6.45) is 10.8. The Hall–Kier alpha value is -3.05. The molecule has 3 aromatic rings.